The lowest BCUT2D eigenvalue weighted by Gasteiger charge is -2.34. The third-order valence-corrected chi connectivity index (χ3v) is 4.82. The fourth-order valence-electron chi connectivity index (χ4n) is 2.99. The molecule has 0 spiro atoms. The van der Waals surface area contributed by atoms with Crippen molar-refractivity contribution in [2.75, 3.05) is 26.2 Å². The zero-order valence-corrected chi connectivity index (χ0v) is 14.6. The monoisotopic (exact) mass is 350 g/mol. The van der Waals surface area contributed by atoms with Crippen LogP contribution < -0.4 is 0 Å². The maximum absolute atomic E-state index is 13.7. The lowest BCUT2D eigenvalue weighted by atomic mass is 10.2. The molecule has 0 bridgehead atoms. The number of aromatic nitrogens is 2. The van der Waals surface area contributed by atoms with Crippen LogP contribution in [0.3, 0.4) is 0 Å². The predicted molar refractivity (Wildman–Crippen MR) is 90.5 cm³/mol. The van der Waals surface area contributed by atoms with Gasteiger partial charge in [-0.2, -0.15) is 5.10 Å². The first-order valence-electron chi connectivity index (χ1n) is 7.91. The first-order chi connectivity index (χ1) is 11.5. The van der Waals surface area contributed by atoms with Crippen LogP contribution in [-0.2, 0) is 13.6 Å². The van der Waals surface area contributed by atoms with Gasteiger partial charge in [0.2, 0.25) is 0 Å². The van der Waals surface area contributed by atoms with E-state index >= 15 is 0 Å². The Hall–Kier alpha value is -1.92. The Kier molecular flexibility index (Phi) is 4.87. The van der Waals surface area contributed by atoms with Crippen molar-refractivity contribution in [3.05, 3.63) is 52.1 Å². The number of carbonyl (C=O) groups excluding carboxylic acids is 1. The molecule has 2 heterocycles. The van der Waals surface area contributed by atoms with Gasteiger partial charge < -0.3 is 4.90 Å². The van der Waals surface area contributed by atoms with Gasteiger partial charge >= 0.3 is 0 Å². The van der Waals surface area contributed by atoms with E-state index in [2.05, 4.69) is 10.00 Å². The molecule has 0 radical (unpaired) electrons. The van der Waals surface area contributed by atoms with Crippen molar-refractivity contribution < 1.29 is 9.18 Å². The highest BCUT2D eigenvalue weighted by Gasteiger charge is 2.27. The summed E-state index contributed by atoms with van der Waals surface area (Å²) in [5, 5.41) is 4.61. The van der Waals surface area contributed by atoms with Crippen molar-refractivity contribution >= 4 is 17.5 Å². The van der Waals surface area contributed by atoms with E-state index in [9.17, 15) is 9.18 Å². The van der Waals surface area contributed by atoms with Crippen molar-refractivity contribution in [2.45, 2.75) is 13.5 Å². The number of piperazine rings is 1. The smallest absolute Gasteiger partial charge is 0.273 e. The van der Waals surface area contributed by atoms with E-state index in [1.54, 1.807) is 31.0 Å². The summed E-state index contributed by atoms with van der Waals surface area (Å²) in [5.41, 5.74) is 1.76. The molecule has 2 aromatic rings. The normalized spacial score (nSPS) is 15.8. The van der Waals surface area contributed by atoms with E-state index in [0.717, 1.165) is 0 Å². The highest BCUT2D eigenvalue weighted by molar-refractivity contribution is 6.34. The van der Waals surface area contributed by atoms with Crippen molar-refractivity contribution in [3.8, 4) is 0 Å². The summed E-state index contributed by atoms with van der Waals surface area (Å²) in [6.45, 7) is 4.93. The largest absolute Gasteiger partial charge is 0.335 e. The quantitative estimate of drug-likeness (QED) is 0.854. The van der Waals surface area contributed by atoms with Crippen LogP contribution in [0.25, 0.3) is 0 Å². The Morgan fingerprint density at radius 3 is 2.50 bits per heavy atom. The number of benzene rings is 1. The number of aryl methyl sites for hydroxylation is 2. The summed E-state index contributed by atoms with van der Waals surface area (Å²) in [7, 11) is 1.72. The zero-order chi connectivity index (χ0) is 17.3. The molecule has 7 heteroatoms. The van der Waals surface area contributed by atoms with Crippen molar-refractivity contribution in [1.29, 1.82) is 0 Å². The third kappa shape index (κ3) is 3.30. The van der Waals surface area contributed by atoms with Crippen LogP contribution in [0, 0.1) is 12.7 Å². The van der Waals surface area contributed by atoms with E-state index in [1.807, 2.05) is 6.07 Å². The van der Waals surface area contributed by atoms with Crippen molar-refractivity contribution in [2.24, 2.45) is 7.05 Å². The number of hydrogen-bond acceptors (Lipinski definition) is 3. The molecule has 5 nitrogen and oxygen atoms in total. The van der Waals surface area contributed by atoms with Gasteiger partial charge in [-0.05, 0) is 13.0 Å². The second-order valence-corrected chi connectivity index (χ2v) is 6.41. The van der Waals surface area contributed by atoms with Gasteiger partial charge in [-0.15, -0.1) is 0 Å². The molecule has 1 aliphatic rings. The van der Waals surface area contributed by atoms with E-state index < -0.39 is 0 Å². The van der Waals surface area contributed by atoms with Crippen molar-refractivity contribution in [1.82, 2.24) is 19.6 Å². The Morgan fingerprint density at radius 1 is 1.25 bits per heavy atom. The maximum atomic E-state index is 13.7. The molecule has 3 rings (SSSR count). The molecule has 0 saturated carbocycles. The average Bonchev–Trinajstić information content (AvgIpc) is 2.82. The molecule has 1 fully saturated rings. The number of nitrogens with zero attached hydrogens (tertiary/aromatic N) is 4. The summed E-state index contributed by atoms with van der Waals surface area (Å²) < 4.78 is 15.3. The Morgan fingerprint density at radius 2 is 1.92 bits per heavy atom. The zero-order valence-electron chi connectivity index (χ0n) is 13.8. The van der Waals surface area contributed by atoms with E-state index in [0.29, 0.717) is 54.7 Å². The number of halogens is 2. The van der Waals surface area contributed by atoms with Crippen LogP contribution in [-0.4, -0.2) is 51.7 Å². The van der Waals surface area contributed by atoms with Gasteiger partial charge in [-0.3, -0.25) is 14.4 Å². The number of amides is 1. The Balaban J connectivity index is 1.63. The number of carbonyl (C=O) groups is 1. The van der Waals surface area contributed by atoms with Gasteiger partial charge in [0.15, 0.2) is 0 Å². The van der Waals surface area contributed by atoms with Crippen LogP contribution >= 0.6 is 11.6 Å². The summed E-state index contributed by atoms with van der Waals surface area (Å²) in [5.74, 6) is -0.290. The Bertz CT molecular complexity index is 753. The minimum atomic E-state index is -0.187. The predicted octanol–water partition coefficient (Wildman–Crippen LogP) is 2.48. The molecule has 1 saturated heterocycles. The molecule has 24 heavy (non-hydrogen) atoms. The lowest BCUT2D eigenvalue weighted by Crippen LogP contribution is -2.48. The SMILES string of the molecule is Cc1nn(C)c(C(=O)N2CCN(Cc3ccccc3F)CC2)c1Cl. The van der Waals surface area contributed by atoms with Crippen LogP contribution in [0.2, 0.25) is 5.02 Å². The van der Waals surface area contributed by atoms with Gasteiger partial charge in [-0.1, -0.05) is 29.8 Å². The first kappa shape index (κ1) is 16.9. The Labute approximate surface area is 145 Å². The standard InChI is InChI=1S/C17H20ClFN4O/c1-12-15(18)16(21(2)20-12)17(24)23-9-7-22(8-10-23)11-13-5-3-4-6-14(13)19/h3-6H,7-11H2,1-2H3. The third-order valence-electron chi connectivity index (χ3n) is 4.36. The lowest BCUT2D eigenvalue weighted by molar-refractivity contribution is 0.0616. The number of hydrogen-bond donors (Lipinski definition) is 0. The summed E-state index contributed by atoms with van der Waals surface area (Å²) in [6, 6.07) is 6.80. The molecule has 128 valence electrons. The number of rotatable bonds is 3. The van der Waals surface area contributed by atoms with E-state index in [1.165, 1.54) is 10.7 Å². The molecular weight excluding hydrogens is 331 g/mol. The molecule has 1 aromatic carbocycles. The van der Waals surface area contributed by atoms with E-state index in [4.69, 9.17) is 11.6 Å². The fraction of sp³-hybridized carbons (Fsp3) is 0.412. The van der Waals surface area contributed by atoms with Gasteiger partial charge in [-0.25, -0.2) is 4.39 Å². The topological polar surface area (TPSA) is 41.4 Å². The minimum absolute atomic E-state index is 0.103. The maximum Gasteiger partial charge on any atom is 0.273 e. The summed E-state index contributed by atoms with van der Waals surface area (Å²) >= 11 is 6.20. The molecule has 0 atom stereocenters. The highest BCUT2D eigenvalue weighted by atomic mass is 35.5. The van der Waals surface area contributed by atoms with Crippen LogP contribution in [0.1, 0.15) is 21.7 Å². The second-order valence-electron chi connectivity index (χ2n) is 6.03. The van der Waals surface area contributed by atoms with Crippen LogP contribution in [0.4, 0.5) is 4.39 Å². The highest BCUT2D eigenvalue weighted by Crippen LogP contribution is 2.22. The average molecular weight is 351 g/mol. The van der Waals surface area contributed by atoms with Crippen LogP contribution in [0.15, 0.2) is 24.3 Å². The summed E-state index contributed by atoms with van der Waals surface area (Å²) in [6.07, 6.45) is 0. The van der Waals surface area contributed by atoms with Crippen LogP contribution in [0.5, 0.6) is 0 Å². The van der Waals surface area contributed by atoms with Gasteiger partial charge in [0.25, 0.3) is 5.91 Å². The van der Waals surface area contributed by atoms with E-state index in [-0.39, 0.29) is 11.7 Å². The van der Waals surface area contributed by atoms with Gasteiger partial charge in [0, 0.05) is 45.3 Å². The fourth-order valence-corrected chi connectivity index (χ4v) is 3.23. The summed E-state index contributed by atoms with van der Waals surface area (Å²) in [4.78, 5) is 16.6. The molecule has 0 N–H and O–H groups in total. The van der Waals surface area contributed by atoms with Crippen molar-refractivity contribution in [3.63, 3.8) is 0 Å². The first-order valence-corrected chi connectivity index (χ1v) is 8.29. The molecule has 1 aromatic heterocycles. The molecule has 1 amide bonds. The van der Waals surface area contributed by atoms with Gasteiger partial charge in [0.05, 0.1) is 10.7 Å². The molecule has 1 aliphatic heterocycles. The molecule has 0 unspecified atom stereocenters. The second kappa shape index (κ2) is 6.91. The van der Waals surface area contributed by atoms with Gasteiger partial charge in [0.1, 0.15) is 11.5 Å². The molecular formula is C17H20ClFN4O. The minimum Gasteiger partial charge on any atom is -0.335 e. The molecule has 0 aliphatic carbocycles.